The number of hydrogen-bond acceptors (Lipinski definition) is 3. The van der Waals surface area contributed by atoms with E-state index in [1.54, 1.807) is 11.8 Å². The van der Waals surface area contributed by atoms with Gasteiger partial charge in [-0.1, -0.05) is 0 Å². The number of rotatable bonds is 0. The zero-order valence-corrected chi connectivity index (χ0v) is 10.3. The van der Waals surface area contributed by atoms with E-state index >= 15 is 0 Å². The summed E-state index contributed by atoms with van der Waals surface area (Å²) in [6, 6.07) is 0. The summed E-state index contributed by atoms with van der Waals surface area (Å²) in [5, 5.41) is 3.18. The minimum absolute atomic E-state index is 0.0469. The van der Waals surface area contributed by atoms with Gasteiger partial charge in [-0.25, -0.2) is 0 Å². The van der Waals surface area contributed by atoms with Gasteiger partial charge in [0.15, 0.2) is 5.66 Å². The fraction of sp³-hybridized carbons (Fsp3) is 0.500. The number of dihydropyridines is 1. The van der Waals surface area contributed by atoms with Gasteiger partial charge in [0.1, 0.15) is 12.4 Å². The predicted octanol–water partition coefficient (Wildman–Crippen LogP) is 1.30. The number of halogens is 1. The minimum atomic E-state index is -0.540. The first-order valence-corrected chi connectivity index (χ1v) is 5.60. The fourth-order valence-electron chi connectivity index (χ4n) is 1.92. The third-order valence-electron chi connectivity index (χ3n) is 2.73. The average Bonchev–Trinajstić information content (AvgIpc) is 2.17. The van der Waals surface area contributed by atoms with Crippen LogP contribution < -0.4 is 5.32 Å². The molecule has 0 aromatic rings. The number of allylic oxidation sites excluding steroid dienone is 2. The number of nitrogens with zero attached hydrogens (tertiary/aromatic N) is 1. The van der Waals surface area contributed by atoms with Crippen LogP contribution in [-0.2, 0) is 9.53 Å². The number of nitrogens with one attached hydrogen (secondary N) is 1. The van der Waals surface area contributed by atoms with Crippen LogP contribution in [0.5, 0.6) is 0 Å². The van der Waals surface area contributed by atoms with Crippen molar-refractivity contribution in [1.82, 2.24) is 10.2 Å². The molecule has 1 amide bonds. The predicted molar refractivity (Wildman–Crippen MR) is 60.0 cm³/mol. The highest BCUT2D eigenvalue weighted by molar-refractivity contribution is 9.11. The molecule has 2 heterocycles. The molecular weight excluding hydrogens is 260 g/mol. The highest BCUT2D eigenvalue weighted by atomic mass is 79.9. The van der Waals surface area contributed by atoms with Crippen molar-refractivity contribution < 1.29 is 9.53 Å². The van der Waals surface area contributed by atoms with Crippen molar-refractivity contribution in [1.29, 1.82) is 0 Å². The summed E-state index contributed by atoms with van der Waals surface area (Å²) < 4.78 is 6.49. The van der Waals surface area contributed by atoms with Crippen molar-refractivity contribution in [2.45, 2.75) is 19.5 Å². The van der Waals surface area contributed by atoms with Gasteiger partial charge in [0.05, 0.1) is 6.54 Å². The lowest BCUT2D eigenvalue weighted by molar-refractivity contribution is -0.140. The van der Waals surface area contributed by atoms with E-state index in [9.17, 15) is 4.79 Å². The number of hydrogen-bond donors (Lipinski definition) is 1. The maximum atomic E-state index is 11.5. The van der Waals surface area contributed by atoms with E-state index < -0.39 is 5.66 Å². The van der Waals surface area contributed by atoms with Crippen molar-refractivity contribution in [3.05, 3.63) is 22.5 Å². The van der Waals surface area contributed by atoms with Crippen LogP contribution in [0.15, 0.2) is 22.5 Å². The number of amides is 1. The standard InChI is InChI=1S/C10H13BrN2O2/c1-7(14)13-3-4-15-9-5-8(11)6-12-10(9,13)2/h5-6,12H,3-4H2,1-2H3. The van der Waals surface area contributed by atoms with Gasteiger partial charge in [-0.05, 0) is 28.9 Å². The zero-order chi connectivity index (χ0) is 11.1. The van der Waals surface area contributed by atoms with E-state index in [1.165, 1.54) is 0 Å². The van der Waals surface area contributed by atoms with Crippen LogP contribution in [0.25, 0.3) is 0 Å². The largest absolute Gasteiger partial charge is 0.492 e. The van der Waals surface area contributed by atoms with Gasteiger partial charge in [0, 0.05) is 17.6 Å². The molecule has 1 N–H and O–H groups in total. The summed E-state index contributed by atoms with van der Waals surface area (Å²) in [7, 11) is 0. The van der Waals surface area contributed by atoms with E-state index in [0.717, 1.165) is 10.2 Å². The minimum Gasteiger partial charge on any atom is -0.492 e. The highest BCUT2D eigenvalue weighted by Crippen LogP contribution is 2.32. The van der Waals surface area contributed by atoms with E-state index in [-0.39, 0.29) is 5.91 Å². The Kier molecular flexibility index (Phi) is 2.50. The number of carbonyl (C=O) groups is 1. The van der Waals surface area contributed by atoms with E-state index in [4.69, 9.17) is 4.74 Å². The first-order chi connectivity index (χ1) is 7.04. The third-order valence-corrected chi connectivity index (χ3v) is 3.19. The molecule has 0 spiro atoms. The van der Waals surface area contributed by atoms with Gasteiger partial charge < -0.3 is 15.0 Å². The molecule has 5 heteroatoms. The quantitative estimate of drug-likeness (QED) is 0.723. The van der Waals surface area contributed by atoms with Crippen molar-refractivity contribution in [3.63, 3.8) is 0 Å². The number of morpholine rings is 1. The first kappa shape index (κ1) is 10.5. The van der Waals surface area contributed by atoms with Crippen LogP contribution in [-0.4, -0.2) is 29.6 Å². The SMILES string of the molecule is CC(=O)N1CCOC2=CC(Br)=CNC21C. The molecule has 4 nitrogen and oxygen atoms in total. The van der Waals surface area contributed by atoms with Gasteiger partial charge in [-0.3, -0.25) is 4.79 Å². The van der Waals surface area contributed by atoms with Gasteiger partial charge in [0.25, 0.3) is 0 Å². The molecule has 0 bridgehead atoms. The van der Waals surface area contributed by atoms with Crippen LogP contribution in [0.4, 0.5) is 0 Å². The summed E-state index contributed by atoms with van der Waals surface area (Å²) in [6.45, 7) is 4.67. The normalized spacial score (nSPS) is 29.4. The van der Waals surface area contributed by atoms with E-state index in [1.807, 2.05) is 19.2 Å². The topological polar surface area (TPSA) is 41.6 Å². The number of fused-ring (bicyclic) bond motifs is 1. The summed E-state index contributed by atoms with van der Waals surface area (Å²) >= 11 is 3.37. The second kappa shape index (κ2) is 3.56. The Hall–Kier alpha value is -0.970. The second-order valence-corrected chi connectivity index (χ2v) is 4.69. The van der Waals surface area contributed by atoms with Crippen LogP contribution >= 0.6 is 15.9 Å². The number of carbonyl (C=O) groups excluding carboxylic acids is 1. The molecule has 1 unspecified atom stereocenters. The van der Waals surface area contributed by atoms with Crippen LogP contribution in [0.1, 0.15) is 13.8 Å². The van der Waals surface area contributed by atoms with Gasteiger partial charge >= 0.3 is 0 Å². The third kappa shape index (κ3) is 1.65. The summed E-state index contributed by atoms with van der Waals surface area (Å²) in [4.78, 5) is 13.3. The van der Waals surface area contributed by atoms with Crippen molar-refractivity contribution >= 4 is 21.8 Å². The molecule has 0 saturated carbocycles. The molecule has 1 fully saturated rings. The molecule has 2 aliphatic rings. The Labute approximate surface area is 97.1 Å². The second-order valence-electron chi connectivity index (χ2n) is 3.77. The number of ether oxygens (including phenoxy) is 1. The molecule has 1 atom stereocenters. The molecular formula is C10H13BrN2O2. The van der Waals surface area contributed by atoms with Crippen molar-refractivity contribution in [2.24, 2.45) is 0 Å². The molecule has 0 aromatic carbocycles. The maximum Gasteiger partial charge on any atom is 0.221 e. The van der Waals surface area contributed by atoms with Crippen LogP contribution in [0.2, 0.25) is 0 Å². The van der Waals surface area contributed by atoms with E-state index in [2.05, 4.69) is 21.2 Å². The lowest BCUT2D eigenvalue weighted by Crippen LogP contribution is -2.62. The lowest BCUT2D eigenvalue weighted by Gasteiger charge is -2.46. The van der Waals surface area contributed by atoms with Crippen molar-refractivity contribution in [3.8, 4) is 0 Å². The highest BCUT2D eigenvalue weighted by Gasteiger charge is 2.42. The molecule has 2 rings (SSSR count). The lowest BCUT2D eigenvalue weighted by atomic mass is 10.0. The summed E-state index contributed by atoms with van der Waals surface area (Å²) in [6.07, 6.45) is 3.72. The Balaban J connectivity index is 2.36. The van der Waals surface area contributed by atoms with Gasteiger partial charge in [-0.2, -0.15) is 0 Å². The Morgan fingerprint density at radius 1 is 1.73 bits per heavy atom. The molecule has 82 valence electrons. The van der Waals surface area contributed by atoms with E-state index in [0.29, 0.717) is 13.2 Å². The molecule has 2 aliphatic heterocycles. The molecule has 0 aromatic heterocycles. The average molecular weight is 273 g/mol. The Morgan fingerprint density at radius 2 is 2.47 bits per heavy atom. The fourth-order valence-corrected chi connectivity index (χ4v) is 2.25. The van der Waals surface area contributed by atoms with Crippen LogP contribution in [0, 0.1) is 0 Å². The van der Waals surface area contributed by atoms with Gasteiger partial charge in [0.2, 0.25) is 5.91 Å². The Morgan fingerprint density at radius 3 is 3.13 bits per heavy atom. The smallest absolute Gasteiger partial charge is 0.221 e. The van der Waals surface area contributed by atoms with Gasteiger partial charge in [-0.15, -0.1) is 0 Å². The van der Waals surface area contributed by atoms with Crippen molar-refractivity contribution in [2.75, 3.05) is 13.2 Å². The molecule has 0 radical (unpaired) electrons. The molecule has 0 aliphatic carbocycles. The van der Waals surface area contributed by atoms with Crippen LogP contribution in [0.3, 0.4) is 0 Å². The Bertz CT molecular complexity index is 364. The zero-order valence-electron chi connectivity index (χ0n) is 8.71. The molecule has 1 saturated heterocycles. The molecule has 15 heavy (non-hydrogen) atoms. The maximum absolute atomic E-state index is 11.5. The summed E-state index contributed by atoms with van der Waals surface area (Å²) in [5.41, 5.74) is -0.540. The summed E-state index contributed by atoms with van der Waals surface area (Å²) in [5.74, 6) is 0.823. The first-order valence-electron chi connectivity index (χ1n) is 4.80. The monoisotopic (exact) mass is 272 g/mol.